The molecule has 0 radical (unpaired) electrons. The molecule has 0 aliphatic carbocycles. The number of aryl methyl sites for hydroxylation is 1. The van der Waals surface area contributed by atoms with Crippen LogP contribution in [0.15, 0.2) is 72.8 Å². The van der Waals surface area contributed by atoms with Gasteiger partial charge < -0.3 is 10.1 Å². The van der Waals surface area contributed by atoms with Crippen LogP contribution >= 0.6 is 0 Å². The summed E-state index contributed by atoms with van der Waals surface area (Å²) in [4.78, 5) is 11.7. The summed E-state index contributed by atoms with van der Waals surface area (Å²) in [5.41, 5.74) is 4.40. The smallest absolute Gasteiger partial charge is 0.337 e. The summed E-state index contributed by atoms with van der Waals surface area (Å²) < 4.78 is 4.77. The summed E-state index contributed by atoms with van der Waals surface area (Å²) in [6.07, 6.45) is 0.975. The van der Waals surface area contributed by atoms with Gasteiger partial charge in [-0.25, -0.2) is 4.79 Å². The third-order valence-corrected chi connectivity index (χ3v) is 4.86. The monoisotopic (exact) mass is 383 g/mol. The van der Waals surface area contributed by atoms with Crippen LogP contribution in [-0.2, 0) is 11.2 Å². The van der Waals surface area contributed by atoms with Crippen LogP contribution in [0.25, 0.3) is 22.0 Å². The normalized spacial score (nSPS) is 10.7. The van der Waals surface area contributed by atoms with Gasteiger partial charge >= 0.3 is 5.97 Å². The van der Waals surface area contributed by atoms with Crippen molar-refractivity contribution in [2.75, 3.05) is 12.4 Å². The van der Waals surface area contributed by atoms with E-state index in [2.05, 4.69) is 34.6 Å². The van der Waals surface area contributed by atoms with Crippen molar-refractivity contribution in [2.45, 2.75) is 13.3 Å². The van der Waals surface area contributed by atoms with E-state index in [1.54, 1.807) is 12.1 Å². The Kier molecular flexibility index (Phi) is 5.20. The number of ether oxygens (including phenoxy) is 1. The fraction of sp³-hybridized carbons (Fsp3) is 0.125. The Bertz CT molecular complexity index is 1170. The fourth-order valence-corrected chi connectivity index (χ4v) is 3.30. The van der Waals surface area contributed by atoms with Crippen LogP contribution in [0.4, 0.5) is 11.5 Å². The van der Waals surface area contributed by atoms with Gasteiger partial charge in [0.15, 0.2) is 5.82 Å². The van der Waals surface area contributed by atoms with Crippen molar-refractivity contribution < 1.29 is 9.53 Å². The Balaban J connectivity index is 1.74. The lowest BCUT2D eigenvalue weighted by Crippen LogP contribution is -2.01. The molecule has 0 unspecified atom stereocenters. The number of nitrogens with one attached hydrogen (secondary N) is 1. The Morgan fingerprint density at radius 3 is 2.41 bits per heavy atom. The standard InChI is InChI=1S/C24H21N3O2/c1-3-16-7-6-8-19(15-16)25-23-21-10-5-4-9-20(21)22(26-27-23)17-11-13-18(14-12-17)24(28)29-2/h4-15H,3H2,1-2H3,(H,25,27). The molecule has 3 aromatic carbocycles. The lowest BCUT2D eigenvalue weighted by Gasteiger charge is -2.12. The number of anilines is 2. The minimum absolute atomic E-state index is 0.360. The van der Waals surface area contributed by atoms with E-state index in [-0.39, 0.29) is 5.97 Å². The van der Waals surface area contributed by atoms with Crippen molar-refractivity contribution >= 4 is 28.2 Å². The summed E-state index contributed by atoms with van der Waals surface area (Å²) in [6.45, 7) is 2.13. The minimum Gasteiger partial charge on any atom is -0.465 e. The van der Waals surface area contributed by atoms with E-state index in [1.807, 2.05) is 48.5 Å². The second-order valence-electron chi connectivity index (χ2n) is 6.69. The second kappa shape index (κ2) is 8.10. The summed E-state index contributed by atoms with van der Waals surface area (Å²) in [7, 11) is 1.37. The molecule has 4 rings (SSSR count). The molecule has 0 saturated heterocycles. The first-order valence-corrected chi connectivity index (χ1v) is 9.49. The number of hydrogen-bond donors (Lipinski definition) is 1. The average Bonchev–Trinajstić information content (AvgIpc) is 2.79. The zero-order valence-corrected chi connectivity index (χ0v) is 16.3. The lowest BCUT2D eigenvalue weighted by molar-refractivity contribution is 0.0601. The molecule has 1 heterocycles. The molecule has 0 aliphatic rings. The van der Waals surface area contributed by atoms with Gasteiger partial charge in [-0.3, -0.25) is 0 Å². The van der Waals surface area contributed by atoms with E-state index in [0.29, 0.717) is 11.4 Å². The molecular formula is C24H21N3O2. The molecule has 0 amide bonds. The highest BCUT2D eigenvalue weighted by molar-refractivity contribution is 6.01. The SMILES string of the molecule is CCc1cccc(Nc2nnc(-c3ccc(C(=O)OC)cc3)c3ccccc23)c1. The number of fused-ring (bicyclic) bond motifs is 1. The maximum Gasteiger partial charge on any atom is 0.337 e. The van der Waals surface area contributed by atoms with Gasteiger partial charge in [-0.15, -0.1) is 10.2 Å². The summed E-state index contributed by atoms with van der Waals surface area (Å²) in [5, 5.41) is 14.3. The molecule has 4 aromatic rings. The quantitative estimate of drug-likeness (QED) is 0.468. The van der Waals surface area contributed by atoms with Crippen molar-refractivity contribution in [3.63, 3.8) is 0 Å². The van der Waals surface area contributed by atoms with Gasteiger partial charge in [-0.1, -0.05) is 55.5 Å². The molecular weight excluding hydrogens is 362 g/mol. The zero-order chi connectivity index (χ0) is 20.2. The van der Waals surface area contributed by atoms with Crippen molar-refractivity contribution in [1.29, 1.82) is 0 Å². The van der Waals surface area contributed by atoms with Crippen LogP contribution in [-0.4, -0.2) is 23.3 Å². The number of nitrogens with zero attached hydrogens (tertiary/aromatic N) is 2. The molecule has 0 fully saturated rings. The maximum atomic E-state index is 11.7. The number of aromatic nitrogens is 2. The molecule has 0 aliphatic heterocycles. The van der Waals surface area contributed by atoms with Crippen molar-refractivity contribution in [3.8, 4) is 11.3 Å². The number of methoxy groups -OCH3 is 1. The molecule has 0 saturated carbocycles. The Hall–Kier alpha value is -3.73. The molecule has 5 heteroatoms. The van der Waals surface area contributed by atoms with E-state index < -0.39 is 0 Å². The highest BCUT2D eigenvalue weighted by Gasteiger charge is 2.12. The highest BCUT2D eigenvalue weighted by Crippen LogP contribution is 2.31. The molecule has 0 bridgehead atoms. The largest absolute Gasteiger partial charge is 0.465 e. The summed E-state index contributed by atoms with van der Waals surface area (Å²) >= 11 is 0. The van der Waals surface area contributed by atoms with Crippen LogP contribution in [0, 0.1) is 0 Å². The molecule has 1 N–H and O–H groups in total. The number of carbonyl (C=O) groups is 1. The molecule has 1 aromatic heterocycles. The maximum absolute atomic E-state index is 11.7. The number of rotatable bonds is 5. The average molecular weight is 383 g/mol. The third-order valence-electron chi connectivity index (χ3n) is 4.86. The molecule has 29 heavy (non-hydrogen) atoms. The van der Waals surface area contributed by atoms with Crippen LogP contribution in [0.2, 0.25) is 0 Å². The van der Waals surface area contributed by atoms with Crippen molar-refractivity contribution in [1.82, 2.24) is 10.2 Å². The first kappa shape index (κ1) is 18.6. The molecule has 5 nitrogen and oxygen atoms in total. The van der Waals surface area contributed by atoms with E-state index in [1.165, 1.54) is 12.7 Å². The zero-order valence-electron chi connectivity index (χ0n) is 16.3. The predicted octanol–water partition coefficient (Wildman–Crippen LogP) is 5.39. The Labute approximate surface area is 169 Å². The van der Waals surface area contributed by atoms with Gasteiger partial charge in [0.25, 0.3) is 0 Å². The van der Waals surface area contributed by atoms with Crippen LogP contribution in [0.1, 0.15) is 22.8 Å². The first-order chi connectivity index (χ1) is 14.2. The molecule has 144 valence electrons. The van der Waals surface area contributed by atoms with E-state index in [4.69, 9.17) is 4.74 Å². The number of hydrogen-bond acceptors (Lipinski definition) is 5. The van der Waals surface area contributed by atoms with E-state index in [9.17, 15) is 4.79 Å². The van der Waals surface area contributed by atoms with Crippen molar-refractivity contribution in [2.24, 2.45) is 0 Å². The van der Waals surface area contributed by atoms with Crippen LogP contribution < -0.4 is 5.32 Å². The lowest BCUT2D eigenvalue weighted by atomic mass is 10.0. The van der Waals surface area contributed by atoms with Gasteiger partial charge in [0.2, 0.25) is 0 Å². The fourth-order valence-electron chi connectivity index (χ4n) is 3.30. The van der Waals surface area contributed by atoms with E-state index >= 15 is 0 Å². The van der Waals surface area contributed by atoms with Crippen LogP contribution in [0.3, 0.4) is 0 Å². The number of carbonyl (C=O) groups excluding carboxylic acids is 1. The number of benzene rings is 3. The van der Waals surface area contributed by atoms with Gasteiger partial charge in [-0.2, -0.15) is 0 Å². The first-order valence-electron chi connectivity index (χ1n) is 9.49. The predicted molar refractivity (Wildman–Crippen MR) is 115 cm³/mol. The minimum atomic E-state index is -0.360. The third kappa shape index (κ3) is 3.80. The van der Waals surface area contributed by atoms with Crippen LogP contribution in [0.5, 0.6) is 0 Å². The summed E-state index contributed by atoms with van der Waals surface area (Å²) in [6, 6.07) is 23.5. The van der Waals surface area contributed by atoms with Crippen molar-refractivity contribution in [3.05, 3.63) is 83.9 Å². The molecule has 0 spiro atoms. The highest BCUT2D eigenvalue weighted by atomic mass is 16.5. The Morgan fingerprint density at radius 1 is 0.931 bits per heavy atom. The van der Waals surface area contributed by atoms with Gasteiger partial charge in [0, 0.05) is 22.0 Å². The summed E-state index contributed by atoms with van der Waals surface area (Å²) in [5.74, 6) is 0.352. The molecule has 0 atom stereocenters. The Morgan fingerprint density at radius 2 is 1.69 bits per heavy atom. The van der Waals surface area contributed by atoms with Gasteiger partial charge in [0.05, 0.1) is 12.7 Å². The van der Waals surface area contributed by atoms with Gasteiger partial charge in [-0.05, 0) is 36.2 Å². The van der Waals surface area contributed by atoms with Gasteiger partial charge in [0.1, 0.15) is 5.69 Å². The topological polar surface area (TPSA) is 64.1 Å². The number of esters is 1. The van der Waals surface area contributed by atoms with E-state index in [0.717, 1.165) is 34.1 Å². The second-order valence-corrected chi connectivity index (χ2v) is 6.69.